The van der Waals surface area contributed by atoms with Crippen LogP contribution in [0.3, 0.4) is 0 Å². The number of rotatable bonds is 3. The van der Waals surface area contributed by atoms with Gasteiger partial charge in [-0.2, -0.15) is 0 Å². The molecule has 3 aliphatic rings. The predicted molar refractivity (Wildman–Crippen MR) is 86.3 cm³/mol. The molecule has 0 aromatic rings. The number of nitrogens with two attached hydrogens (primary N) is 1. The first kappa shape index (κ1) is 16.5. The van der Waals surface area contributed by atoms with E-state index in [4.69, 9.17) is 26.8 Å². The molecule has 2 saturated carbocycles. The lowest BCUT2D eigenvalue weighted by Crippen LogP contribution is -2.61. The largest absolute Gasteiger partial charge is 0.385 e. The second-order valence-corrected chi connectivity index (χ2v) is 7.55. The highest BCUT2D eigenvalue weighted by atomic mass is 35.5. The van der Waals surface area contributed by atoms with Crippen molar-refractivity contribution in [1.29, 1.82) is 0 Å². The molecule has 0 aromatic heterocycles. The molecular formula is C16H27ClN2O3. The Hall–Kier alpha value is -0.360. The molecule has 0 saturated heterocycles. The Balaban J connectivity index is 1.91. The minimum atomic E-state index is -1.11. The molecule has 126 valence electrons. The number of hydrogen-bond acceptors (Lipinski definition) is 5. The summed E-state index contributed by atoms with van der Waals surface area (Å²) in [7, 11) is 3.39. The second kappa shape index (κ2) is 6.27. The second-order valence-electron chi connectivity index (χ2n) is 6.94. The third kappa shape index (κ3) is 2.46. The molecule has 0 amide bonds. The summed E-state index contributed by atoms with van der Waals surface area (Å²) in [6.07, 6.45) is 5.26. The van der Waals surface area contributed by atoms with Gasteiger partial charge in [0.15, 0.2) is 0 Å². The third-order valence-corrected chi connectivity index (χ3v) is 6.33. The quantitative estimate of drug-likeness (QED) is 0.772. The fourth-order valence-electron chi connectivity index (χ4n) is 4.83. The summed E-state index contributed by atoms with van der Waals surface area (Å²) in [5, 5.41) is 11.7. The van der Waals surface area contributed by atoms with Gasteiger partial charge in [-0.05, 0) is 32.1 Å². The Labute approximate surface area is 137 Å². The third-order valence-electron chi connectivity index (χ3n) is 5.94. The molecule has 22 heavy (non-hydrogen) atoms. The highest BCUT2D eigenvalue weighted by Crippen LogP contribution is 2.49. The summed E-state index contributed by atoms with van der Waals surface area (Å²) in [4.78, 5) is 4.58. The van der Waals surface area contributed by atoms with Crippen LogP contribution >= 0.6 is 11.6 Å². The number of ether oxygens (including phenoxy) is 2. The maximum absolute atomic E-state index is 11.6. The lowest BCUT2D eigenvalue weighted by atomic mass is 9.64. The van der Waals surface area contributed by atoms with Gasteiger partial charge < -0.3 is 20.3 Å². The van der Waals surface area contributed by atoms with Crippen LogP contribution in [0.2, 0.25) is 0 Å². The molecule has 0 spiro atoms. The van der Waals surface area contributed by atoms with E-state index in [0.717, 1.165) is 38.5 Å². The average Bonchev–Trinajstić information content (AvgIpc) is 2.78. The topological polar surface area (TPSA) is 77.1 Å². The van der Waals surface area contributed by atoms with Crippen LogP contribution in [0.4, 0.5) is 0 Å². The van der Waals surface area contributed by atoms with Crippen molar-refractivity contribution in [2.45, 2.75) is 67.8 Å². The van der Waals surface area contributed by atoms with E-state index in [2.05, 4.69) is 4.99 Å². The number of aliphatic imine (C=N–C) groups is 1. The van der Waals surface area contributed by atoms with Crippen LogP contribution in [0, 0.1) is 11.8 Å². The summed E-state index contributed by atoms with van der Waals surface area (Å²) in [6.45, 7) is 0. The van der Waals surface area contributed by atoms with Gasteiger partial charge in [0.2, 0.25) is 0 Å². The molecule has 2 fully saturated rings. The lowest BCUT2D eigenvalue weighted by Gasteiger charge is -2.47. The van der Waals surface area contributed by atoms with Crippen molar-refractivity contribution >= 4 is 17.4 Å². The number of methoxy groups -OCH3 is 2. The minimum absolute atomic E-state index is 0.00186. The summed E-state index contributed by atoms with van der Waals surface area (Å²) < 4.78 is 11.3. The van der Waals surface area contributed by atoms with E-state index >= 15 is 0 Å². The molecule has 6 heteroatoms. The van der Waals surface area contributed by atoms with Crippen LogP contribution < -0.4 is 5.73 Å². The summed E-state index contributed by atoms with van der Waals surface area (Å²) in [5.74, 6) is 0.288. The zero-order valence-corrected chi connectivity index (χ0v) is 14.1. The Morgan fingerprint density at radius 2 is 1.95 bits per heavy atom. The van der Waals surface area contributed by atoms with Crippen molar-refractivity contribution in [3.8, 4) is 0 Å². The van der Waals surface area contributed by atoms with E-state index in [1.165, 1.54) is 0 Å². The van der Waals surface area contributed by atoms with Crippen molar-refractivity contribution in [2.24, 2.45) is 22.6 Å². The summed E-state index contributed by atoms with van der Waals surface area (Å²) in [6, 6.07) is 0.0976. The smallest absolute Gasteiger partial charge is 0.131 e. The number of hydrogen-bond donors (Lipinski definition) is 2. The monoisotopic (exact) mass is 330 g/mol. The van der Waals surface area contributed by atoms with E-state index in [1.807, 2.05) is 0 Å². The predicted octanol–water partition coefficient (Wildman–Crippen LogP) is 1.69. The standard InChI is InChI=1S/C16H27ClN2O3/c1-21-13-5-3-4-10(14(13)22-2)16(20)11-8-9(17)6-7-12(11)19-15(16)18/h9-14,20H,3-8H2,1-2H3,(H2,18,19). The SMILES string of the molecule is COC1CCCC(C2(O)C(N)=NC3CCC(Cl)CC32)C1OC. The zero-order valence-electron chi connectivity index (χ0n) is 13.4. The maximum atomic E-state index is 11.6. The van der Waals surface area contributed by atoms with E-state index < -0.39 is 5.60 Å². The fraction of sp³-hybridized carbons (Fsp3) is 0.938. The highest BCUT2D eigenvalue weighted by molar-refractivity contribution is 6.20. The molecule has 0 aromatic carbocycles. The number of amidine groups is 1. The zero-order chi connectivity index (χ0) is 15.9. The van der Waals surface area contributed by atoms with Gasteiger partial charge in [-0.3, -0.25) is 4.99 Å². The number of halogens is 1. The van der Waals surface area contributed by atoms with Crippen LogP contribution in [0.5, 0.6) is 0 Å². The molecule has 5 nitrogen and oxygen atoms in total. The van der Waals surface area contributed by atoms with Crippen LogP contribution in [-0.4, -0.2) is 54.4 Å². The molecule has 2 aliphatic carbocycles. The van der Waals surface area contributed by atoms with E-state index in [-0.39, 0.29) is 35.5 Å². The van der Waals surface area contributed by atoms with Crippen molar-refractivity contribution in [3.63, 3.8) is 0 Å². The van der Waals surface area contributed by atoms with Gasteiger partial charge in [0.1, 0.15) is 11.4 Å². The van der Waals surface area contributed by atoms with E-state index in [9.17, 15) is 5.11 Å². The molecule has 3 rings (SSSR count). The summed E-state index contributed by atoms with van der Waals surface area (Å²) in [5.41, 5.74) is 5.10. The number of fused-ring (bicyclic) bond motifs is 1. The molecular weight excluding hydrogens is 304 g/mol. The number of alkyl halides is 1. The Kier molecular flexibility index (Phi) is 4.70. The minimum Gasteiger partial charge on any atom is -0.385 e. The highest BCUT2D eigenvalue weighted by Gasteiger charge is 2.59. The van der Waals surface area contributed by atoms with Crippen LogP contribution in [0.15, 0.2) is 4.99 Å². The Bertz CT molecular complexity index is 447. The van der Waals surface area contributed by atoms with Crippen molar-refractivity contribution in [3.05, 3.63) is 0 Å². The van der Waals surface area contributed by atoms with Gasteiger partial charge in [0.05, 0.1) is 18.2 Å². The molecule has 7 atom stereocenters. The normalized spacial score (nSPS) is 48.8. The molecule has 1 aliphatic heterocycles. The maximum Gasteiger partial charge on any atom is 0.131 e. The first-order valence-electron chi connectivity index (χ1n) is 8.28. The van der Waals surface area contributed by atoms with Gasteiger partial charge in [0.25, 0.3) is 0 Å². The van der Waals surface area contributed by atoms with Gasteiger partial charge >= 0.3 is 0 Å². The lowest BCUT2D eigenvalue weighted by molar-refractivity contribution is -0.144. The molecule has 1 heterocycles. The van der Waals surface area contributed by atoms with E-state index in [0.29, 0.717) is 5.84 Å². The first-order chi connectivity index (χ1) is 10.5. The molecule has 7 unspecified atom stereocenters. The molecule has 3 N–H and O–H groups in total. The molecule has 0 radical (unpaired) electrons. The average molecular weight is 331 g/mol. The van der Waals surface area contributed by atoms with Crippen molar-refractivity contribution in [2.75, 3.05) is 14.2 Å². The van der Waals surface area contributed by atoms with E-state index in [1.54, 1.807) is 14.2 Å². The molecule has 0 bridgehead atoms. The fourth-order valence-corrected chi connectivity index (χ4v) is 5.15. The van der Waals surface area contributed by atoms with Crippen molar-refractivity contribution < 1.29 is 14.6 Å². The summed E-state index contributed by atoms with van der Waals surface area (Å²) >= 11 is 6.36. The van der Waals surface area contributed by atoms with Gasteiger partial charge in [-0.15, -0.1) is 11.6 Å². The van der Waals surface area contributed by atoms with Crippen molar-refractivity contribution in [1.82, 2.24) is 0 Å². The van der Waals surface area contributed by atoms with Gasteiger partial charge in [0, 0.05) is 31.4 Å². The van der Waals surface area contributed by atoms with Crippen LogP contribution in [0.25, 0.3) is 0 Å². The van der Waals surface area contributed by atoms with Gasteiger partial charge in [-0.1, -0.05) is 6.42 Å². The van der Waals surface area contributed by atoms with Crippen LogP contribution in [-0.2, 0) is 9.47 Å². The van der Waals surface area contributed by atoms with Gasteiger partial charge in [-0.25, -0.2) is 0 Å². The van der Waals surface area contributed by atoms with Crippen LogP contribution in [0.1, 0.15) is 38.5 Å². The number of aliphatic hydroxyl groups is 1. The first-order valence-corrected chi connectivity index (χ1v) is 8.71. The number of nitrogens with zero attached hydrogens (tertiary/aromatic N) is 1. The Morgan fingerprint density at radius 1 is 1.18 bits per heavy atom. The Morgan fingerprint density at radius 3 is 2.64 bits per heavy atom.